The van der Waals surface area contributed by atoms with E-state index in [1.807, 2.05) is 0 Å². The third-order valence-corrected chi connectivity index (χ3v) is 2.05. The fourth-order valence-corrected chi connectivity index (χ4v) is 1.15. The second kappa shape index (κ2) is 6.24. The summed E-state index contributed by atoms with van der Waals surface area (Å²) < 4.78 is 10.0. The third kappa shape index (κ3) is 4.00. The summed E-state index contributed by atoms with van der Waals surface area (Å²) in [6.07, 6.45) is 2.10. The number of oxazole rings is 1. The van der Waals surface area contributed by atoms with Crippen molar-refractivity contribution in [2.45, 2.75) is 25.9 Å². The fourth-order valence-electron chi connectivity index (χ4n) is 1.15. The zero-order chi connectivity index (χ0) is 12.0. The Kier molecular flexibility index (Phi) is 4.94. The smallest absolute Gasteiger partial charge is 0.237 e. The van der Waals surface area contributed by atoms with Crippen LogP contribution in [-0.2, 0) is 16.1 Å². The number of nitrogens with zero attached hydrogens (tertiary/aromatic N) is 1. The zero-order valence-electron chi connectivity index (χ0n) is 9.53. The standard InChI is InChI=1S/C10H17N3O3/c1-7-5-12-9(16-7)6-13-10(14)8(11)3-4-15-2/h5,8H,3-4,6,11H2,1-2H3,(H,13,14). The number of nitrogens with two attached hydrogens (primary N) is 1. The highest BCUT2D eigenvalue weighted by Crippen LogP contribution is 2.00. The van der Waals surface area contributed by atoms with Gasteiger partial charge in [0, 0.05) is 13.7 Å². The van der Waals surface area contributed by atoms with Crippen LogP contribution in [0.15, 0.2) is 10.6 Å². The molecule has 1 atom stereocenters. The number of aryl methyl sites for hydroxylation is 1. The molecule has 0 aromatic carbocycles. The minimum Gasteiger partial charge on any atom is -0.444 e. The van der Waals surface area contributed by atoms with Crippen molar-refractivity contribution >= 4 is 5.91 Å². The molecule has 0 saturated carbocycles. The number of rotatable bonds is 6. The van der Waals surface area contributed by atoms with Gasteiger partial charge in [-0.3, -0.25) is 4.79 Å². The number of nitrogens with one attached hydrogen (secondary N) is 1. The van der Waals surface area contributed by atoms with E-state index >= 15 is 0 Å². The number of ether oxygens (including phenoxy) is 1. The Bertz CT molecular complexity index is 338. The van der Waals surface area contributed by atoms with Crippen LogP contribution < -0.4 is 11.1 Å². The first-order valence-electron chi connectivity index (χ1n) is 5.07. The van der Waals surface area contributed by atoms with Gasteiger partial charge in [0.25, 0.3) is 0 Å². The van der Waals surface area contributed by atoms with E-state index in [2.05, 4.69) is 10.3 Å². The lowest BCUT2D eigenvalue weighted by molar-refractivity contribution is -0.123. The van der Waals surface area contributed by atoms with Crippen molar-refractivity contribution in [1.82, 2.24) is 10.3 Å². The topological polar surface area (TPSA) is 90.4 Å². The number of hydrogen-bond donors (Lipinski definition) is 2. The normalized spacial score (nSPS) is 12.4. The average molecular weight is 227 g/mol. The summed E-state index contributed by atoms with van der Waals surface area (Å²) in [6, 6.07) is -0.559. The number of carbonyl (C=O) groups is 1. The molecule has 1 heterocycles. The maximum absolute atomic E-state index is 11.5. The van der Waals surface area contributed by atoms with E-state index in [1.165, 1.54) is 0 Å². The molecule has 0 saturated heterocycles. The zero-order valence-corrected chi connectivity index (χ0v) is 9.53. The van der Waals surface area contributed by atoms with Gasteiger partial charge in [-0.2, -0.15) is 0 Å². The highest BCUT2D eigenvalue weighted by Gasteiger charge is 2.13. The van der Waals surface area contributed by atoms with Gasteiger partial charge in [0.1, 0.15) is 5.76 Å². The van der Waals surface area contributed by atoms with Gasteiger partial charge in [-0.15, -0.1) is 0 Å². The van der Waals surface area contributed by atoms with E-state index in [1.54, 1.807) is 20.2 Å². The van der Waals surface area contributed by atoms with Gasteiger partial charge < -0.3 is 20.2 Å². The van der Waals surface area contributed by atoms with Gasteiger partial charge in [-0.1, -0.05) is 0 Å². The van der Waals surface area contributed by atoms with Crippen molar-refractivity contribution in [3.63, 3.8) is 0 Å². The minimum atomic E-state index is -0.559. The van der Waals surface area contributed by atoms with E-state index in [0.717, 1.165) is 0 Å². The van der Waals surface area contributed by atoms with Crippen molar-refractivity contribution in [2.24, 2.45) is 5.73 Å². The van der Waals surface area contributed by atoms with Crippen LogP contribution in [0.25, 0.3) is 0 Å². The van der Waals surface area contributed by atoms with Crippen LogP contribution in [0.3, 0.4) is 0 Å². The van der Waals surface area contributed by atoms with Gasteiger partial charge in [0.2, 0.25) is 11.8 Å². The molecule has 0 radical (unpaired) electrons. The quantitative estimate of drug-likeness (QED) is 0.711. The average Bonchev–Trinajstić information content (AvgIpc) is 2.68. The lowest BCUT2D eigenvalue weighted by Crippen LogP contribution is -2.40. The molecule has 0 aliphatic rings. The van der Waals surface area contributed by atoms with Gasteiger partial charge >= 0.3 is 0 Å². The van der Waals surface area contributed by atoms with Crippen LogP contribution >= 0.6 is 0 Å². The predicted octanol–water partition coefficient (Wildman–Crippen LogP) is -0.0370. The van der Waals surface area contributed by atoms with Crippen molar-refractivity contribution < 1.29 is 13.9 Å². The van der Waals surface area contributed by atoms with Crippen molar-refractivity contribution in [3.05, 3.63) is 17.8 Å². The number of amides is 1. The van der Waals surface area contributed by atoms with Crippen LogP contribution in [0.1, 0.15) is 18.1 Å². The highest BCUT2D eigenvalue weighted by molar-refractivity contribution is 5.81. The molecule has 16 heavy (non-hydrogen) atoms. The first-order chi connectivity index (χ1) is 7.63. The Balaban J connectivity index is 2.29. The molecule has 1 amide bonds. The summed E-state index contributed by atoms with van der Waals surface area (Å²) in [6.45, 7) is 2.52. The highest BCUT2D eigenvalue weighted by atomic mass is 16.5. The van der Waals surface area contributed by atoms with Crippen LogP contribution in [-0.4, -0.2) is 30.6 Å². The van der Waals surface area contributed by atoms with E-state index < -0.39 is 6.04 Å². The summed E-state index contributed by atoms with van der Waals surface area (Å²) in [4.78, 5) is 15.4. The summed E-state index contributed by atoms with van der Waals surface area (Å²) in [5.41, 5.74) is 5.63. The van der Waals surface area contributed by atoms with Crippen molar-refractivity contribution in [2.75, 3.05) is 13.7 Å². The lowest BCUT2D eigenvalue weighted by Gasteiger charge is -2.10. The van der Waals surface area contributed by atoms with Crippen LogP contribution in [0.5, 0.6) is 0 Å². The molecule has 1 unspecified atom stereocenters. The number of methoxy groups -OCH3 is 1. The second-order valence-electron chi connectivity index (χ2n) is 3.47. The van der Waals surface area contributed by atoms with Crippen LogP contribution in [0, 0.1) is 6.92 Å². The first-order valence-corrected chi connectivity index (χ1v) is 5.07. The lowest BCUT2D eigenvalue weighted by atomic mass is 10.2. The van der Waals surface area contributed by atoms with Gasteiger partial charge in [0.15, 0.2) is 0 Å². The third-order valence-electron chi connectivity index (χ3n) is 2.05. The summed E-state index contributed by atoms with van der Waals surface area (Å²) in [5.74, 6) is 0.964. The first kappa shape index (κ1) is 12.7. The van der Waals surface area contributed by atoms with Crippen LogP contribution in [0.4, 0.5) is 0 Å². The second-order valence-corrected chi connectivity index (χ2v) is 3.47. The number of aromatic nitrogens is 1. The van der Waals surface area contributed by atoms with Crippen LogP contribution in [0.2, 0.25) is 0 Å². The summed E-state index contributed by atoms with van der Waals surface area (Å²) in [7, 11) is 1.57. The molecule has 90 valence electrons. The molecule has 1 aromatic heterocycles. The Morgan fingerprint density at radius 3 is 3.06 bits per heavy atom. The molecule has 6 nitrogen and oxygen atoms in total. The molecule has 1 rings (SSSR count). The Labute approximate surface area is 94.2 Å². The SMILES string of the molecule is COCCC(N)C(=O)NCc1ncc(C)o1. The molecule has 0 fully saturated rings. The maximum Gasteiger partial charge on any atom is 0.237 e. The molecular formula is C10H17N3O3. The molecule has 1 aromatic rings. The van der Waals surface area contributed by atoms with E-state index in [0.29, 0.717) is 24.7 Å². The number of hydrogen-bond acceptors (Lipinski definition) is 5. The predicted molar refractivity (Wildman–Crippen MR) is 57.6 cm³/mol. The Morgan fingerprint density at radius 1 is 1.75 bits per heavy atom. The molecule has 0 bridgehead atoms. The Morgan fingerprint density at radius 2 is 2.50 bits per heavy atom. The van der Waals surface area contributed by atoms with Crippen molar-refractivity contribution in [1.29, 1.82) is 0 Å². The molecule has 3 N–H and O–H groups in total. The Hall–Kier alpha value is -1.40. The molecule has 6 heteroatoms. The molecule has 0 aliphatic carbocycles. The van der Waals surface area contributed by atoms with Crippen molar-refractivity contribution in [3.8, 4) is 0 Å². The van der Waals surface area contributed by atoms with Gasteiger partial charge in [-0.05, 0) is 13.3 Å². The molecule has 0 spiro atoms. The molecule has 0 aliphatic heterocycles. The molecular weight excluding hydrogens is 210 g/mol. The van der Waals surface area contributed by atoms with E-state index in [4.69, 9.17) is 14.9 Å². The summed E-state index contributed by atoms with van der Waals surface area (Å²) in [5, 5.41) is 2.65. The van der Waals surface area contributed by atoms with E-state index in [-0.39, 0.29) is 12.5 Å². The fraction of sp³-hybridized carbons (Fsp3) is 0.600. The maximum atomic E-state index is 11.5. The van der Waals surface area contributed by atoms with Gasteiger partial charge in [-0.25, -0.2) is 4.98 Å². The van der Waals surface area contributed by atoms with Gasteiger partial charge in [0.05, 0.1) is 18.8 Å². The monoisotopic (exact) mass is 227 g/mol. The van der Waals surface area contributed by atoms with E-state index in [9.17, 15) is 4.79 Å². The summed E-state index contributed by atoms with van der Waals surface area (Å²) >= 11 is 0. The minimum absolute atomic E-state index is 0.229. The number of carbonyl (C=O) groups excluding carboxylic acids is 1. The largest absolute Gasteiger partial charge is 0.444 e.